The summed E-state index contributed by atoms with van der Waals surface area (Å²) in [6.07, 6.45) is 0.0668. The van der Waals surface area contributed by atoms with Crippen molar-refractivity contribution in [3.05, 3.63) is 28.5 Å². The lowest BCUT2D eigenvalue weighted by atomic mass is 10.3. The Bertz CT molecular complexity index is 465. The number of alkyl halides is 1. The summed E-state index contributed by atoms with van der Waals surface area (Å²) < 4.78 is 50.8. The first kappa shape index (κ1) is 13.5. The van der Waals surface area contributed by atoms with Crippen molar-refractivity contribution in [2.45, 2.75) is 11.3 Å². The van der Waals surface area contributed by atoms with Crippen LogP contribution in [0.25, 0.3) is 0 Å². The van der Waals surface area contributed by atoms with Crippen molar-refractivity contribution in [3.8, 4) is 0 Å². The third kappa shape index (κ3) is 3.50. The van der Waals surface area contributed by atoms with Crippen molar-refractivity contribution in [2.75, 3.05) is 13.2 Å². The second kappa shape index (κ2) is 5.70. The summed E-state index contributed by atoms with van der Waals surface area (Å²) in [7, 11) is -3.89. The van der Waals surface area contributed by atoms with Crippen molar-refractivity contribution in [1.82, 2.24) is 4.72 Å². The first-order valence-electron chi connectivity index (χ1n) is 4.48. The topological polar surface area (TPSA) is 46.2 Å². The van der Waals surface area contributed by atoms with Gasteiger partial charge in [0.1, 0.15) is 10.7 Å². The molecule has 0 unspecified atom stereocenters. The van der Waals surface area contributed by atoms with Crippen molar-refractivity contribution in [2.24, 2.45) is 0 Å². The number of benzene rings is 1. The van der Waals surface area contributed by atoms with E-state index in [4.69, 9.17) is 0 Å². The van der Waals surface area contributed by atoms with Crippen molar-refractivity contribution < 1.29 is 17.2 Å². The summed E-state index contributed by atoms with van der Waals surface area (Å²) in [6, 6.07) is 3.63. The molecule has 0 atom stereocenters. The largest absolute Gasteiger partial charge is 0.251 e. The second-order valence-electron chi connectivity index (χ2n) is 3.02. The minimum absolute atomic E-state index is 0.0473. The van der Waals surface area contributed by atoms with Gasteiger partial charge in [-0.25, -0.2) is 17.5 Å². The molecule has 0 aliphatic carbocycles. The summed E-state index contributed by atoms with van der Waals surface area (Å²) in [6.45, 7) is -0.667. The zero-order valence-electron chi connectivity index (χ0n) is 8.21. The third-order valence-corrected chi connectivity index (χ3v) is 3.77. The molecule has 0 bridgehead atoms. The van der Waals surface area contributed by atoms with Crippen LogP contribution >= 0.6 is 15.9 Å². The van der Waals surface area contributed by atoms with Crippen LogP contribution in [-0.4, -0.2) is 21.6 Å². The van der Waals surface area contributed by atoms with Crippen LogP contribution in [0.15, 0.2) is 27.6 Å². The number of halogens is 3. The molecular weight excluding hydrogens is 304 g/mol. The molecule has 3 nitrogen and oxygen atoms in total. The van der Waals surface area contributed by atoms with Crippen LogP contribution in [0.2, 0.25) is 0 Å². The van der Waals surface area contributed by atoms with E-state index >= 15 is 0 Å². The molecule has 0 radical (unpaired) electrons. The molecule has 0 amide bonds. The maximum Gasteiger partial charge on any atom is 0.243 e. The van der Waals surface area contributed by atoms with Crippen molar-refractivity contribution in [1.29, 1.82) is 0 Å². The van der Waals surface area contributed by atoms with Crippen molar-refractivity contribution in [3.63, 3.8) is 0 Å². The van der Waals surface area contributed by atoms with E-state index in [1.165, 1.54) is 6.07 Å². The molecule has 90 valence electrons. The average Bonchev–Trinajstić information content (AvgIpc) is 2.17. The average molecular weight is 314 g/mol. The highest BCUT2D eigenvalue weighted by Crippen LogP contribution is 2.19. The highest BCUT2D eigenvalue weighted by molar-refractivity contribution is 9.10. The summed E-state index contributed by atoms with van der Waals surface area (Å²) in [4.78, 5) is -0.436. The van der Waals surface area contributed by atoms with Crippen LogP contribution in [0.1, 0.15) is 6.42 Å². The van der Waals surface area contributed by atoms with Gasteiger partial charge in [0.25, 0.3) is 0 Å². The fraction of sp³-hybridized carbons (Fsp3) is 0.333. The van der Waals surface area contributed by atoms with E-state index in [0.29, 0.717) is 4.47 Å². The van der Waals surface area contributed by atoms with Gasteiger partial charge in [-0.3, -0.25) is 4.39 Å². The maximum atomic E-state index is 13.3. The van der Waals surface area contributed by atoms with E-state index < -0.39 is 27.4 Å². The lowest BCUT2D eigenvalue weighted by Crippen LogP contribution is -2.25. The number of rotatable bonds is 5. The van der Waals surface area contributed by atoms with Crippen LogP contribution in [-0.2, 0) is 10.0 Å². The van der Waals surface area contributed by atoms with Gasteiger partial charge in [0.2, 0.25) is 10.0 Å². The van der Waals surface area contributed by atoms with Crippen LogP contribution < -0.4 is 4.72 Å². The first-order chi connectivity index (χ1) is 7.47. The Kier molecular flexibility index (Phi) is 4.82. The molecular formula is C9H10BrF2NO2S. The van der Waals surface area contributed by atoms with Gasteiger partial charge >= 0.3 is 0 Å². The Morgan fingerprint density at radius 1 is 1.38 bits per heavy atom. The van der Waals surface area contributed by atoms with E-state index in [9.17, 15) is 17.2 Å². The zero-order chi connectivity index (χ0) is 12.2. The normalized spacial score (nSPS) is 11.7. The minimum Gasteiger partial charge on any atom is -0.251 e. The summed E-state index contributed by atoms with van der Waals surface area (Å²) in [5.74, 6) is -0.845. The highest BCUT2D eigenvalue weighted by atomic mass is 79.9. The van der Waals surface area contributed by atoms with Crippen LogP contribution in [0.4, 0.5) is 8.78 Å². The van der Waals surface area contributed by atoms with Gasteiger partial charge in [-0.15, -0.1) is 0 Å². The number of hydrogen-bond acceptors (Lipinski definition) is 2. The minimum atomic E-state index is -3.89. The molecule has 1 aromatic rings. The summed E-state index contributed by atoms with van der Waals surface area (Å²) in [5, 5.41) is 0. The zero-order valence-corrected chi connectivity index (χ0v) is 10.6. The van der Waals surface area contributed by atoms with E-state index in [1.54, 1.807) is 0 Å². The predicted octanol–water partition coefficient (Wildman–Crippen LogP) is 2.23. The van der Waals surface area contributed by atoms with E-state index in [1.807, 2.05) is 0 Å². The molecule has 16 heavy (non-hydrogen) atoms. The van der Waals surface area contributed by atoms with E-state index in [0.717, 1.165) is 12.1 Å². The SMILES string of the molecule is O=S(=O)(NCCCF)c1ccc(Br)cc1F. The van der Waals surface area contributed by atoms with Crippen molar-refractivity contribution >= 4 is 26.0 Å². The van der Waals surface area contributed by atoms with Gasteiger partial charge < -0.3 is 0 Å². The summed E-state index contributed by atoms with van der Waals surface area (Å²) in [5.41, 5.74) is 0. The molecule has 0 fully saturated rings. The quantitative estimate of drug-likeness (QED) is 0.847. The lowest BCUT2D eigenvalue weighted by molar-refractivity contribution is 0.470. The Labute approximate surface area is 101 Å². The first-order valence-corrected chi connectivity index (χ1v) is 6.75. The fourth-order valence-electron chi connectivity index (χ4n) is 1.04. The number of sulfonamides is 1. The Hall–Kier alpha value is -0.530. The predicted molar refractivity (Wildman–Crippen MR) is 59.9 cm³/mol. The monoisotopic (exact) mass is 313 g/mol. The molecule has 0 saturated heterocycles. The molecule has 7 heteroatoms. The van der Waals surface area contributed by atoms with Gasteiger partial charge in [-0.05, 0) is 24.6 Å². The maximum absolute atomic E-state index is 13.3. The van der Waals surface area contributed by atoms with E-state index in [-0.39, 0.29) is 13.0 Å². The van der Waals surface area contributed by atoms with Gasteiger partial charge in [0.05, 0.1) is 6.67 Å². The molecule has 1 aromatic carbocycles. The number of nitrogens with one attached hydrogen (secondary N) is 1. The van der Waals surface area contributed by atoms with Crippen LogP contribution in [0.5, 0.6) is 0 Å². The molecule has 0 saturated carbocycles. The molecule has 0 spiro atoms. The van der Waals surface area contributed by atoms with Crippen LogP contribution in [0.3, 0.4) is 0 Å². The highest BCUT2D eigenvalue weighted by Gasteiger charge is 2.18. The van der Waals surface area contributed by atoms with Gasteiger partial charge in [0.15, 0.2) is 0 Å². The molecule has 1 N–H and O–H groups in total. The second-order valence-corrected chi connectivity index (χ2v) is 5.67. The van der Waals surface area contributed by atoms with Gasteiger partial charge in [-0.2, -0.15) is 0 Å². The van der Waals surface area contributed by atoms with Gasteiger partial charge in [-0.1, -0.05) is 15.9 Å². The smallest absolute Gasteiger partial charge is 0.243 e. The molecule has 0 heterocycles. The molecule has 0 aromatic heterocycles. The summed E-state index contributed by atoms with van der Waals surface area (Å²) >= 11 is 3.02. The third-order valence-electron chi connectivity index (χ3n) is 1.79. The Morgan fingerprint density at radius 2 is 2.06 bits per heavy atom. The van der Waals surface area contributed by atoms with Gasteiger partial charge in [0, 0.05) is 11.0 Å². The fourth-order valence-corrected chi connectivity index (χ4v) is 2.51. The number of hydrogen-bond donors (Lipinski definition) is 1. The van der Waals surface area contributed by atoms with Crippen LogP contribution in [0, 0.1) is 5.82 Å². The lowest BCUT2D eigenvalue weighted by Gasteiger charge is -2.06. The molecule has 0 aliphatic heterocycles. The molecule has 1 rings (SSSR count). The van der Waals surface area contributed by atoms with E-state index in [2.05, 4.69) is 20.7 Å². The standard InChI is InChI=1S/C9H10BrF2NO2S/c10-7-2-3-9(8(12)6-7)16(14,15)13-5-1-4-11/h2-3,6,13H,1,4-5H2. The molecule has 0 aliphatic rings. The Morgan fingerprint density at radius 3 is 2.62 bits per heavy atom. The Balaban J connectivity index is 2.90.